The van der Waals surface area contributed by atoms with Crippen LogP contribution in [0.5, 0.6) is 0 Å². The maximum absolute atomic E-state index is 3.94. The van der Waals surface area contributed by atoms with E-state index < -0.39 is 16.1 Å². The van der Waals surface area contributed by atoms with E-state index in [9.17, 15) is 0 Å². The van der Waals surface area contributed by atoms with Crippen molar-refractivity contribution in [3.8, 4) is 0 Å². The molecule has 0 aromatic heterocycles. The minimum atomic E-state index is -1.60. The first-order valence-corrected chi connectivity index (χ1v) is 11.8. The lowest BCUT2D eigenvalue weighted by Crippen LogP contribution is -2.27. The normalized spacial score (nSPS) is 11.4. The SMILES string of the molecule is C=C[Si](C=C)(C=C)CCCCC[Si](C=C)(C=C)C=C. The molecule has 2 heteroatoms. The van der Waals surface area contributed by atoms with Crippen LogP contribution in [0.3, 0.4) is 0 Å². The van der Waals surface area contributed by atoms with Crippen molar-refractivity contribution in [2.75, 3.05) is 0 Å². The van der Waals surface area contributed by atoms with Crippen LogP contribution in [0.1, 0.15) is 19.3 Å². The Balaban J connectivity index is 4.18. The van der Waals surface area contributed by atoms with Crippen LogP contribution < -0.4 is 0 Å². The first-order valence-electron chi connectivity index (χ1n) is 6.89. The third kappa shape index (κ3) is 5.17. The first-order chi connectivity index (χ1) is 9.07. The van der Waals surface area contributed by atoms with Crippen molar-refractivity contribution in [1.82, 2.24) is 0 Å². The molecule has 0 heterocycles. The molecule has 0 aliphatic carbocycles. The second-order valence-electron chi connectivity index (χ2n) is 5.01. The lowest BCUT2D eigenvalue weighted by Gasteiger charge is -2.21. The summed E-state index contributed by atoms with van der Waals surface area (Å²) in [6.45, 7) is 23.6. The highest BCUT2D eigenvalue weighted by Gasteiger charge is 2.22. The van der Waals surface area contributed by atoms with Crippen LogP contribution in [0.2, 0.25) is 12.1 Å². The van der Waals surface area contributed by atoms with E-state index in [-0.39, 0.29) is 0 Å². The van der Waals surface area contributed by atoms with E-state index in [1.54, 1.807) is 0 Å². The molecule has 0 amide bonds. The summed E-state index contributed by atoms with van der Waals surface area (Å²) in [5.74, 6) is 0. The number of rotatable bonds is 12. The lowest BCUT2D eigenvalue weighted by molar-refractivity contribution is 0.760. The van der Waals surface area contributed by atoms with Gasteiger partial charge in [0.15, 0.2) is 0 Å². The molecular formula is C17H28Si2. The van der Waals surface area contributed by atoms with E-state index in [4.69, 9.17) is 0 Å². The van der Waals surface area contributed by atoms with Crippen LogP contribution >= 0.6 is 0 Å². The first kappa shape index (κ1) is 17.9. The molecule has 0 saturated carbocycles. The van der Waals surface area contributed by atoms with Gasteiger partial charge in [-0.05, 0) is 12.1 Å². The Morgan fingerprint density at radius 2 is 0.737 bits per heavy atom. The van der Waals surface area contributed by atoms with Gasteiger partial charge in [-0.2, -0.15) is 0 Å². The fourth-order valence-corrected chi connectivity index (χ4v) is 6.10. The monoisotopic (exact) mass is 288 g/mol. The molecule has 0 rings (SSSR count). The van der Waals surface area contributed by atoms with Crippen molar-refractivity contribution in [2.45, 2.75) is 31.4 Å². The fourth-order valence-electron chi connectivity index (χ4n) is 2.15. The van der Waals surface area contributed by atoms with Gasteiger partial charge in [0, 0.05) is 0 Å². The molecule has 0 aliphatic rings. The van der Waals surface area contributed by atoms with E-state index in [1.807, 2.05) is 0 Å². The topological polar surface area (TPSA) is 0 Å². The van der Waals surface area contributed by atoms with Crippen LogP contribution in [-0.2, 0) is 0 Å². The quantitative estimate of drug-likeness (QED) is 0.333. The Morgan fingerprint density at radius 1 is 0.474 bits per heavy atom. The summed E-state index contributed by atoms with van der Waals surface area (Å²) in [6.07, 6.45) is 3.66. The summed E-state index contributed by atoms with van der Waals surface area (Å²) in [7, 11) is -3.19. The number of unbranched alkanes of at least 4 members (excludes halogenated alkanes) is 2. The Hall–Kier alpha value is -1.13. The summed E-state index contributed by atoms with van der Waals surface area (Å²) in [5.41, 5.74) is 12.4. The third-order valence-electron chi connectivity index (χ3n) is 4.00. The molecule has 0 N–H and O–H groups in total. The molecule has 19 heavy (non-hydrogen) atoms. The van der Waals surface area contributed by atoms with Gasteiger partial charge in [-0.1, -0.05) is 53.5 Å². The minimum Gasteiger partial charge on any atom is -0.106 e. The molecular weight excluding hydrogens is 260 g/mol. The van der Waals surface area contributed by atoms with Crippen molar-refractivity contribution in [1.29, 1.82) is 0 Å². The Labute approximate surface area is 121 Å². The van der Waals surface area contributed by atoms with E-state index in [2.05, 4.69) is 73.7 Å². The summed E-state index contributed by atoms with van der Waals surface area (Å²) >= 11 is 0. The number of hydrogen-bond donors (Lipinski definition) is 0. The zero-order valence-corrected chi connectivity index (χ0v) is 14.2. The second kappa shape index (κ2) is 8.89. The van der Waals surface area contributed by atoms with E-state index >= 15 is 0 Å². The van der Waals surface area contributed by atoms with Crippen molar-refractivity contribution in [2.24, 2.45) is 0 Å². The van der Waals surface area contributed by atoms with Gasteiger partial charge < -0.3 is 0 Å². The smallest absolute Gasteiger partial charge is 0.106 e. The van der Waals surface area contributed by atoms with Gasteiger partial charge in [-0.15, -0.1) is 39.5 Å². The van der Waals surface area contributed by atoms with Crippen LogP contribution in [0, 0.1) is 0 Å². The predicted octanol–water partition coefficient (Wildman–Crippen LogP) is 5.41. The van der Waals surface area contributed by atoms with Gasteiger partial charge in [0.25, 0.3) is 0 Å². The van der Waals surface area contributed by atoms with Gasteiger partial charge in [-0.3, -0.25) is 0 Å². The fraction of sp³-hybridized carbons (Fsp3) is 0.294. The molecule has 0 bridgehead atoms. The predicted molar refractivity (Wildman–Crippen MR) is 96.2 cm³/mol. The molecule has 0 saturated heterocycles. The largest absolute Gasteiger partial charge is 0.124 e. The molecule has 0 radical (unpaired) electrons. The summed E-state index contributed by atoms with van der Waals surface area (Å²) in [4.78, 5) is 0. The maximum Gasteiger partial charge on any atom is 0.124 e. The van der Waals surface area contributed by atoms with Gasteiger partial charge in [0.1, 0.15) is 16.1 Å². The summed E-state index contributed by atoms with van der Waals surface area (Å²) < 4.78 is 0. The number of hydrogen-bond acceptors (Lipinski definition) is 0. The van der Waals surface area contributed by atoms with Gasteiger partial charge >= 0.3 is 0 Å². The zero-order valence-electron chi connectivity index (χ0n) is 12.2. The maximum atomic E-state index is 3.94. The van der Waals surface area contributed by atoms with Gasteiger partial charge in [0.2, 0.25) is 0 Å². The average Bonchev–Trinajstić information content (AvgIpc) is 2.48. The van der Waals surface area contributed by atoms with Crippen LogP contribution in [-0.4, -0.2) is 16.1 Å². The Morgan fingerprint density at radius 3 is 0.947 bits per heavy atom. The molecule has 0 aliphatic heterocycles. The van der Waals surface area contributed by atoms with Crippen molar-refractivity contribution < 1.29 is 0 Å². The molecule has 0 spiro atoms. The molecule has 0 fully saturated rings. The lowest BCUT2D eigenvalue weighted by atomic mass is 10.3. The molecule has 104 valence electrons. The van der Waals surface area contributed by atoms with Gasteiger partial charge in [-0.25, -0.2) is 0 Å². The van der Waals surface area contributed by atoms with E-state index in [0.717, 1.165) is 0 Å². The Bertz CT molecular complexity index is 275. The molecule has 0 atom stereocenters. The standard InChI is InChI=1S/C17H28Si2/c1-7-18(8-2,9-3)16-14-13-15-17-19(10-4,11-5)12-6/h7-12H,1-6,13-17H2. The Kier molecular flexibility index (Phi) is 8.36. The molecule has 0 nitrogen and oxygen atoms in total. The van der Waals surface area contributed by atoms with Gasteiger partial charge in [0.05, 0.1) is 0 Å². The summed E-state index contributed by atoms with van der Waals surface area (Å²) in [5, 5.41) is 0. The minimum absolute atomic E-state index is 1.17. The highest BCUT2D eigenvalue weighted by atomic mass is 28.3. The highest BCUT2D eigenvalue weighted by molar-refractivity contribution is 6.93. The van der Waals surface area contributed by atoms with Crippen LogP contribution in [0.25, 0.3) is 0 Å². The van der Waals surface area contributed by atoms with Crippen molar-refractivity contribution in [3.63, 3.8) is 0 Å². The van der Waals surface area contributed by atoms with Crippen molar-refractivity contribution >= 4 is 16.1 Å². The molecule has 0 unspecified atom stereocenters. The average molecular weight is 289 g/mol. The highest BCUT2D eigenvalue weighted by Crippen LogP contribution is 2.22. The van der Waals surface area contributed by atoms with E-state index in [1.165, 1.54) is 31.4 Å². The van der Waals surface area contributed by atoms with Crippen molar-refractivity contribution in [3.05, 3.63) is 73.7 Å². The summed E-state index contributed by atoms with van der Waals surface area (Å²) in [6, 6.07) is 2.35. The molecule has 0 aromatic carbocycles. The van der Waals surface area contributed by atoms with Crippen LogP contribution in [0.4, 0.5) is 0 Å². The second-order valence-corrected chi connectivity index (χ2v) is 12.9. The zero-order chi connectivity index (χ0) is 14.8. The van der Waals surface area contributed by atoms with E-state index in [0.29, 0.717) is 0 Å². The molecule has 0 aromatic rings. The third-order valence-corrected chi connectivity index (χ3v) is 11.0. The van der Waals surface area contributed by atoms with Crippen LogP contribution in [0.15, 0.2) is 73.7 Å².